The molecule has 122 valence electrons. The van der Waals surface area contributed by atoms with Gasteiger partial charge in [0, 0.05) is 6.61 Å². The molecule has 5 nitrogen and oxygen atoms in total. The van der Waals surface area contributed by atoms with Crippen molar-refractivity contribution in [2.45, 2.75) is 26.4 Å². The quantitative estimate of drug-likeness (QED) is 0.737. The molecule has 1 aromatic carbocycles. The van der Waals surface area contributed by atoms with Crippen LogP contribution >= 0.6 is 23.2 Å². The maximum Gasteiger partial charge on any atom is 0.212 e. The molecule has 0 aliphatic heterocycles. The summed E-state index contributed by atoms with van der Waals surface area (Å²) in [6.07, 6.45) is 4.51. The van der Waals surface area contributed by atoms with Gasteiger partial charge in [-0.3, -0.25) is 4.79 Å². The number of Topliss-reactive ketones (excluding diaryl/α,β-unsaturated/α-hetero) is 1. The third-order valence-corrected chi connectivity index (χ3v) is 3.94. The second-order valence-electron chi connectivity index (χ2n) is 5.32. The van der Waals surface area contributed by atoms with Crippen LogP contribution in [0.3, 0.4) is 0 Å². The van der Waals surface area contributed by atoms with Gasteiger partial charge in [0.1, 0.15) is 24.0 Å². The molecule has 0 amide bonds. The zero-order valence-electron chi connectivity index (χ0n) is 13.1. The van der Waals surface area contributed by atoms with E-state index in [9.17, 15) is 4.79 Å². The van der Waals surface area contributed by atoms with Crippen LogP contribution in [-0.2, 0) is 9.53 Å². The first kappa shape index (κ1) is 17.7. The molecule has 1 heterocycles. The summed E-state index contributed by atoms with van der Waals surface area (Å²) < 4.78 is 6.96. The number of carbonyl (C=O) groups is 1. The highest BCUT2D eigenvalue weighted by atomic mass is 35.5. The minimum Gasteiger partial charge on any atom is -0.368 e. The van der Waals surface area contributed by atoms with E-state index in [1.165, 1.54) is 17.3 Å². The number of ketones is 1. The van der Waals surface area contributed by atoms with E-state index in [0.29, 0.717) is 22.3 Å². The van der Waals surface area contributed by atoms with Crippen molar-refractivity contribution in [2.75, 3.05) is 6.61 Å². The number of rotatable bonds is 6. The lowest BCUT2D eigenvalue weighted by Crippen LogP contribution is -2.37. The first-order valence-electron chi connectivity index (χ1n) is 7.05. The van der Waals surface area contributed by atoms with E-state index in [-0.39, 0.29) is 5.78 Å². The van der Waals surface area contributed by atoms with Crippen molar-refractivity contribution >= 4 is 40.8 Å². The number of hydrogen-bond acceptors (Lipinski definition) is 4. The molecule has 0 saturated heterocycles. The fraction of sp³-hybridized carbons (Fsp3) is 0.312. The van der Waals surface area contributed by atoms with Crippen molar-refractivity contribution in [1.29, 1.82) is 0 Å². The highest BCUT2D eigenvalue weighted by Gasteiger charge is 2.32. The third kappa shape index (κ3) is 4.19. The molecular weight excluding hydrogens is 337 g/mol. The van der Waals surface area contributed by atoms with Gasteiger partial charge in [-0.1, -0.05) is 29.3 Å². The van der Waals surface area contributed by atoms with E-state index in [2.05, 4.69) is 10.1 Å². The summed E-state index contributed by atoms with van der Waals surface area (Å²) in [6, 6.07) is 5.13. The second kappa shape index (κ2) is 7.25. The molecule has 0 radical (unpaired) electrons. The Kier molecular flexibility index (Phi) is 5.57. The van der Waals surface area contributed by atoms with Crippen molar-refractivity contribution in [2.24, 2.45) is 0 Å². The normalized spacial score (nSPS) is 12.5. The van der Waals surface area contributed by atoms with Gasteiger partial charge in [0.25, 0.3) is 0 Å². The number of ether oxygens (including phenoxy) is 1. The molecular formula is C16H17Cl2N3O2. The summed E-state index contributed by atoms with van der Waals surface area (Å²) >= 11 is 12.0. The van der Waals surface area contributed by atoms with Crippen LogP contribution in [0.2, 0.25) is 10.0 Å². The molecule has 0 fully saturated rings. The second-order valence-corrected chi connectivity index (χ2v) is 6.13. The molecule has 0 aliphatic rings. The monoisotopic (exact) mass is 353 g/mol. The first-order chi connectivity index (χ1) is 10.8. The van der Waals surface area contributed by atoms with Crippen LogP contribution < -0.4 is 0 Å². The van der Waals surface area contributed by atoms with Gasteiger partial charge >= 0.3 is 0 Å². The summed E-state index contributed by atoms with van der Waals surface area (Å²) in [6.45, 7) is 5.71. The molecule has 1 aromatic heterocycles. The predicted octanol–water partition coefficient (Wildman–Crippen LogP) is 3.97. The Labute approximate surface area is 144 Å². The van der Waals surface area contributed by atoms with Gasteiger partial charge in [-0.05, 0) is 44.5 Å². The van der Waals surface area contributed by atoms with E-state index >= 15 is 0 Å². The van der Waals surface area contributed by atoms with Crippen LogP contribution in [0.5, 0.6) is 0 Å². The van der Waals surface area contributed by atoms with Gasteiger partial charge in [0.2, 0.25) is 5.78 Å². The van der Waals surface area contributed by atoms with Crippen molar-refractivity contribution in [3.63, 3.8) is 0 Å². The molecule has 0 N–H and O–H groups in total. The highest BCUT2D eigenvalue weighted by Crippen LogP contribution is 2.26. The summed E-state index contributed by atoms with van der Waals surface area (Å²) in [5, 5.41) is 4.91. The van der Waals surface area contributed by atoms with E-state index in [1.807, 2.05) is 6.92 Å². The molecule has 0 saturated carbocycles. The van der Waals surface area contributed by atoms with Crippen molar-refractivity contribution in [3.8, 4) is 0 Å². The van der Waals surface area contributed by atoms with E-state index < -0.39 is 5.60 Å². The van der Waals surface area contributed by atoms with Gasteiger partial charge in [0.05, 0.1) is 10.0 Å². The predicted molar refractivity (Wildman–Crippen MR) is 91.4 cm³/mol. The Morgan fingerprint density at radius 3 is 2.65 bits per heavy atom. The van der Waals surface area contributed by atoms with Crippen molar-refractivity contribution in [3.05, 3.63) is 46.5 Å². The van der Waals surface area contributed by atoms with Crippen LogP contribution in [-0.4, -0.2) is 32.8 Å². The third-order valence-electron chi connectivity index (χ3n) is 3.20. The van der Waals surface area contributed by atoms with Crippen LogP contribution in [0.1, 0.15) is 26.3 Å². The summed E-state index contributed by atoms with van der Waals surface area (Å²) in [5.74, 6) is -0.212. The average Bonchev–Trinajstić information content (AvgIpc) is 3.01. The fourth-order valence-electron chi connectivity index (χ4n) is 2.06. The molecule has 0 aliphatic carbocycles. The van der Waals surface area contributed by atoms with Gasteiger partial charge in [-0.2, -0.15) is 5.10 Å². The number of aromatic nitrogens is 3. The fourth-order valence-corrected chi connectivity index (χ4v) is 2.37. The van der Waals surface area contributed by atoms with E-state index in [0.717, 1.165) is 5.56 Å². The lowest BCUT2D eigenvalue weighted by Gasteiger charge is -2.24. The van der Waals surface area contributed by atoms with Gasteiger partial charge < -0.3 is 4.74 Å². The maximum atomic E-state index is 12.9. The van der Waals surface area contributed by atoms with Crippen molar-refractivity contribution < 1.29 is 9.53 Å². The summed E-state index contributed by atoms with van der Waals surface area (Å²) in [4.78, 5) is 16.8. The zero-order chi connectivity index (χ0) is 17.0. The zero-order valence-corrected chi connectivity index (χ0v) is 14.6. The molecule has 2 rings (SSSR count). The number of halogens is 2. The summed E-state index contributed by atoms with van der Waals surface area (Å²) in [7, 11) is 0. The maximum absolute atomic E-state index is 12.9. The van der Waals surface area contributed by atoms with Crippen molar-refractivity contribution in [1.82, 2.24) is 14.8 Å². The first-order valence-corrected chi connectivity index (χ1v) is 7.81. The molecule has 2 aromatic rings. The van der Waals surface area contributed by atoms with Gasteiger partial charge in [-0.25, -0.2) is 9.67 Å². The molecule has 0 atom stereocenters. The molecule has 0 unspecified atom stereocenters. The largest absolute Gasteiger partial charge is 0.368 e. The molecule has 0 bridgehead atoms. The van der Waals surface area contributed by atoms with Crippen LogP contribution in [0, 0.1) is 0 Å². The Balaban J connectivity index is 2.49. The Morgan fingerprint density at radius 1 is 1.35 bits per heavy atom. The molecule has 0 spiro atoms. The van der Waals surface area contributed by atoms with Gasteiger partial charge in [-0.15, -0.1) is 0 Å². The van der Waals surface area contributed by atoms with Gasteiger partial charge in [0.15, 0.2) is 0 Å². The van der Waals surface area contributed by atoms with Crippen LogP contribution in [0.25, 0.3) is 11.8 Å². The minimum atomic E-state index is -0.983. The number of carbonyl (C=O) groups excluding carboxylic acids is 1. The topological polar surface area (TPSA) is 57.0 Å². The SMILES string of the molecule is CCOC(C)(C)C(=O)/C(=C/c1ccc(Cl)c(Cl)c1)n1cncn1. The smallest absolute Gasteiger partial charge is 0.212 e. The lowest BCUT2D eigenvalue weighted by molar-refractivity contribution is -0.133. The van der Waals surface area contributed by atoms with E-state index in [1.54, 1.807) is 38.1 Å². The number of hydrogen-bond donors (Lipinski definition) is 0. The number of nitrogens with zero attached hydrogens (tertiary/aromatic N) is 3. The number of benzene rings is 1. The Bertz CT molecular complexity index is 725. The molecule has 23 heavy (non-hydrogen) atoms. The van der Waals surface area contributed by atoms with Crippen LogP contribution in [0.4, 0.5) is 0 Å². The summed E-state index contributed by atoms with van der Waals surface area (Å²) in [5.41, 5.74) is 0.0767. The lowest BCUT2D eigenvalue weighted by atomic mass is 9.99. The average molecular weight is 354 g/mol. The minimum absolute atomic E-state index is 0.212. The Hall–Kier alpha value is -1.69. The highest BCUT2D eigenvalue weighted by molar-refractivity contribution is 6.42. The van der Waals surface area contributed by atoms with E-state index in [4.69, 9.17) is 27.9 Å². The standard InChI is InChI=1S/C16H17Cl2N3O2/c1-4-23-16(2,3)15(22)14(21-10-19-9-20-21)8-11-5-6-12(17)13(18)7-11/h5-10H,4H2,1-3H3/b14-8-. The van der Waals surface area contributed by atoms with Crippen LogP contribution in [0.15, 0.2) is 30.9 Å². The Morgan fingerprint density at radius 2 is 2.09 bits per heavy atom. The molecule has 7 heteroatoms.